The Morgan fingerprint density at radius 3 is 2.93 bits per heavy atom. The van der Waals surface area contributed by atoms with Crippen molar-refractivity contribution in [2.75, 3.05) is 44.1 Å². The Labute approximate surface area is 173 Å². The first-order valence-electron chi connectivity index (χ1n) is 10.4. The van der Waals surface area contributed by atoms with Crippen molar-refractivity contribution in [2.45, 2.75) is 39.3 Å². The Hall–Kier alpha value is -2.60. The van der Waals surface area contributed by atoms with Crippen molar-refractivity contribution in [3.8, 4) is 0 Å². The molecule has 2 aromatic rings. The second kappa shape index (κ2) is 10.3. The topological polar surface area (TPSA) is 57.7 Å². The van der Waals surface area contributed by atoms with Gasteiger partial charge >= 0.3 is 0 Å². The van der Waals surface area contributed by atoms with E-state index in [1.165, 1.54) is 5.69 Å². The van der Waals surface area contributed by atoms with Crippen LogP contribution in [-0.2, 0) is 17.8 Å². The van der Waals surface area contributed by atoms with E-state index >= 15 is 0 Å². The van der Waals surface area contributed by atoms with Gasteiger partial charge in [0.25, 0.3) is 5.91 Å². The van der Waals surface area contributed by atoms with Gasteiger partial charge in [-0.2, -0.15) is 0 Å². The maximum Gasteiger partial charge on any atom is 0.254 e. The van der Waals surface area contributed by atoms with Crippen molar-refractivity contribution in [3.05, 3.63) is 53.3 Å². The molecule has 0 aliphatic carbocycles. The maximum absolute atomic E-state index is 12.5. The van der Waals surface area contributed by atoms with Gasteiger partial charge in [0.05, 0.1) is 0 Å². The number of carbonyl (C=O) groups is 1. The molecule has 1 aromatic heterocycles. The molecule has 1 aliphatic heterocycles. The third-order valence-corrected chi connectivity index (χ3v) is 5.38. The van der Waals surface area contributed by atoms with Gasteiger partial charge in [-0.15, -0.1) is 0 Å². The highest BCUT2D eigenvalue weighted by Gasteiger charge is 2.26. The van der Waals surface area contributed by atoms with Gasteiger partial charge in [-0.25, -0.2) is 0 Å². The van der Waals surface area contributed by atoms with E-state index in [-0.39, 0.29) is 5.91 Å². The molecule has 0 saturated heterocycles. The van der Waals surface area contributed by atoms with Gasteiger partial charge in [0.15, 0.2) is 0 Å². The fourth-order valence-electron chi connectivity index (χ4n) is 3.71. The first-order chi connectivity index (χ1) is 14.1. The van der Waals surface area contributed by atoms with Gasteiger partial charge in [0.1, 0.15) is 0 Å². The number of anilines is 2. The molecule has 6 heteroatoms. The second-order valence-corrected chi connectivity index (χ2v) is 7.58. The van der Waals surface area contributed by atoms with Gasteiger partial charge in [-0.1, -0.05) is 13.3 Å². The van der Waals surface area contributed by atoms with Crippen LogP contribution in [0, 0.1) is 0 Å². The van der Waals surface area contributed by atoms with Crippen LogP contribution in [0.4, 0.5) is 11.4 Å². The van der Waals surface area contributed by atoms with E-state index in [1.54, 1.807) is 7.11 Å². The molecule has 1 aliphatic rings. The summed E-state index contributed by atoms with van der Waals surface area (Å²) >= 11 is 0. The molecule has 0 saturated carbocycles. The van der Waals surface area contributed by atoms with Gasteiger partial charge < -0.3 is 19.9 Å². The molecular formula is C23H32N4O2. The number of amides is 1. The number of pyridine rings is 1. The van der Waals surface area contributed by atoms with Gasteiger partial charge in [-0.3, -0.25) is 9.78 Å². The van der Waals surface area contributed by atoms with Gasteiger partial charge in [-0.05, 0) is 42.7 Å². The number of rotatable bonds is 11. The Balaban J connectivity index is 1.64. The molecule has 1 N–H and O–H groups in total. The maximum atomic E-state index is 12.5. The number of nitrogens with zero attached hydrogens (tertiary/aromatic N) is 3. The molecule has 156 valence electrons. The zero-order valence-electron chi connectivity index (χ0n) is 17.8. The SMILES string of the molecule is CCCCN1Cc2cc(NCc3cnccc3N(C)CCCOC)ccc2C1=O. The van der Waals surface area contributed by atoms with Crippen LogP contribution in [-0.4, -0.2) is 49.6 Å². The van der Waals surface area contributed by atoms with E-state index in [9.17, 15) is 4.79 Å². The zero-order valence-corrected chi connectivity index (χ0v) is 17.8. The second-order valence-electron chi connectivity index (χ2n) is 7.58. The predicted octanol–water partition coefficient (Wildman–Crippen LogP) is 3.92. The number of benzene rings is 1. The summed E-state index contributed by atoms with van der Waals surface area (Å²) in [5, 5.41) is 3.50. The molecule has 0 spiro atoms. The Kier molecular flexibility index (Phi) is 7.47. The summed E-state index contributed by atoms with van der Waals surface area (Å²) in [6.45, 7) is 6.07. The molecule has 0 radical (unpaired) electrons. The molecule has 0 unspecified atom stereocenters. The van der Waals surface area contributed by atoms with Crippen LogP contribution in [0.2, 0.25) is 0 Å². The molecule has 3 rings (SSSR count). The summed E-state index contributed by atoms with van der Waals surface area (Å²) in [6.07, 6.45) is 6.87. The summed E-state index contributed by atoms with van der Waals surface area (Å²) < 4.78 is 5.16. The first kappa shape index (κ1) is 21.1. The van der Waals surface area contributed by atoms with Crippen molar-refractivity contribution in [1.29, 1.82) is 0 Å². The average Bonchev–Trinajstić information content (AvgIpc) is 3.06. The van der Waals surface area contributed by atoms with Crippen LogP contribution >= 0.6 is 0 Å². The minimum absolute atomic E-state index is 0.159. The highest BCUT2D eigenvalue weighted by molar-refractivity contribution is 5.98. The van der Waals surface area contributed by atoms with Gasteiger partial charge in [0.2, 0.25) is 0 Å². The molecule has 29 heavy (non-hydrogen) atoms. The highest BCUT2D eigenvalue weighted by atomic mass is 16.5. The summed E-state index contributed by atoms with van der Waals surface area (Å²) in [6, 6.07) is 8.11. The summed E-state index contributed by atoms with van der Waals surface area (Å²) in [5.74, 6) is 0.159. The number of carbonyl (C=O) groups excluding carboxylic acids is 1. The molecule has 1 amide bonds. The van der Waals surface area contributed by atoms with E-state index < -0.39 is 0 Å². The van der Waals surface area contributed by atoms with Crippen LogP contribution < -0.4 is 10.2 Å². The molecule has 6 nitrogen and oxygen atoms in total. The smallest absolute Gasteiger partial charge is 0.254 e. The first-order valence-corrected chi connectivity index (χ1v) is 10.4. The average molecular weight is 397 g/mol. The molecule has 0 fully saturated rings. The monoisotopic (exact) mass is 396 g/mol. The van der Waals surface area contributed by atoms with E-state index in [2.05, 4.69) is 41.3 Å². The fraction of sp³-hybridized carbons (Fsp3) is 0.478. The van der Waals surface area contributed by atoms with Crippen molar-refractivity contribution in [2.24, 2.45) is 0 Å². The lowest BCUT2D eigenvalue weighted by Crippen LogP contribution is -2.24. The number of methoxy groups -OCH3 is 1. The number of unbranched alkanes of at least 4 members (excludes halogenated alkanes) is 1. The number of hydrogen-bond acceptors (Lipinski definition) is 5. The molecular weight excluding hydrogens is 364 g/mol. The van der Waals surface area contributed by atoms with Gasteiger partial charge in [0, 0.05) is 81.8 Å². The normalized spacial score (nSPS) is 12.9. The van der Waals surface area contributed by atoms with E-state index in [4.69, 9.17) is 4.74 Å². The summed E-state index contributed by atoms with van der Waals surface area (Å²) in [7, 11) is 3.83. The number of hydrogen-bond donors (Lipinski definition) is 1. The zero-order chi connectivity index (χ0) is 20.6. The van der Waals surface area contributed by atoms with Crippen LogP contribution in [0.25, 0.3) is 0 Å². The third kappa shape index (κ3) is 5.26. The molecule has 1 aromatic carbocycles. The lowest BCUT2D eigenvalue weighted by molar-refractivity contribution is 0.0776. The van der Waals surface area contributed by atoms with E-state index in [0.29, 0.717) is 13.1 Å². The largest absolute Gasteiger partial charge is 0.385 e. The van der Waals surface area contributed by atoms with Crippen molar-refractivity contribution in [1.82, 2.24) is 9.88 Å². The number of aromatic nitrogens is 1. The van der Waals surface area contributed by atoms with E-state index in [1.807, 2.05) is 29.4 Å². The minimum atomic E-state index is 0.159. The van der Waals surface area contributed by atoms with Crippen LogP contribution in [0.3, 0.4) is 0 Å². The van der Waals surface area contributed by atoms with Crippen molar-refractivity contribution in [3.63, 3.8) is 0 Å². The van der Waals surface area contributed by atoms with E-state index in [0.717, 1.165) is 61.3 Å². The third-order valence-electron chi connectivity index (χ3n) is 5.38. The standard InChI is InChI=1S/C23H32N4O2/c1-4-5-12-27-17-18-14-20(7-8-21(18)23(27)28)25-16-19-15-24-10-9-22(19)26(2)11-6-13-29-3/h7-10,14-15,25H,4-6,11-13,16-17H2,1-3H3. The minimum Gasteiger partial charge on any atom is -0.385 e. The lowest BCUT2D eigenvalue weighted by Gasteiger charge is -2.22. The molecule has 0 atom stereocenters. The number of nitrogens with one attached hydrogen (secondary N) is 1. The molecule has 0 bridgehead atoms. The van der Waals surface area contributed by atoms with Crippen LogP contribution in [0.15, 0.2) is 36.7 Å². The summed E-state index contributed by atoms with van der Waals surface area (Å²) in [5.41, 5.74) is 5.30. The fourth-order valence-corrected chi connectivity index (χ4v) is 3.71. The number of ether oxygens (including phenoxy) is 1. The Bertz CT molecular complexity index is 824. The van der Waals surface area contributed by atoms with Crippen LogP contribution in [0.5, 0.6) is 0 Å². The van der Waals surface area contributed by atoms with Crippen molar-refractivity contribution < 1.29 is 9.53 Å². The highest BCUT2D eigenvalue weighted by Crippen LogP contribution is 2.27. The van der Waals surface area contributed by atoms with Crippen LogP contribution in [0.1, 0.15) is 47.7 Å². The lowest BCUT2D eigenvalue weighted by atomic mass is 10.1. The summed E-state index contributed by atoms with van der Waals surface area (Å²) in [4.78, 5) is 21.0. The quantitative estimate of drug-likeness (QED) is 0.584. The number of fused-ring (bicyclic) bond motifs is 1. The Morgan fingerprint density at radius 1 is 1.28 bits per heavy atom. The predicted molar refractivity (Wildman–Crippen MR) is 117 cm³/mol. The Morgan fingerprint density at radius 2 is 2.14 bits per heavy atom. The molecule has 2 heterocycles. The van der Waals surface area contributed by atoms with Crippen molar-refractivity contribution >= 4 is 17.3 Å².